The Hall–Kier alpha value is -0.450. The Labute approximate surface area is 115 Å². The lowest BCUT2D eigenvalue weighted by Crippen LogP contribution is -2.39. The van der Waals surface area contributed by atoms with Gasteiger partial charge in [-0.2, -0.15) is 0 Å². The molecular formula is C12H17BrClNO2. The van der Waals surface area contributed by atoms with Gasteiger partial charge in [-0.05, 0) is 48.8 Å². The standard InChI is InChI=1S/C12H17BrClNO2/c1-7(12(2,3)16)15-10-6-8(14)5-9(13)11(10)17-4/h5-7,15-16H,1-4H3. The van der Waals surface area contributed by atoms with E-state index in [-0.39, 0.29) is 6.04 Å². The normalized spacial score (nSPS) is 13.4. The van der Waals surface area contributed by atoms with Gasteiger partial charge in [-0.1, -0.05) is 11.6 Å². The number of hydrogen-bond donors (Lipinski definition) is 2. The number of aliphatic hydroxyl groups is 1. The van der Waals surface area contributed by atoms with Gasteiger partial charge in [-0.25, -0.2) is 0 Å². The molecule has 0 amide bonds. The highest BCUT2D eigenvalue weighted by Gasteiger charge is 2.23. The van der Waals surface area contributed by atoms with Crippen molar-refractivity contribution in [2.24, 2.45) is 0 Å². The molecule has 17 heavy (non-hydrogen) atoms. The molecule has 1 rings (SSSR count). The average molecular weight is 323 g/mol. The van der Waals surface area contributed by atoms with E-state index in [0.29, 0.717) is 10.8 Å². The second kappa shape index (κ2) is 5.46. The van der Waals surface area contributed by atoms with Crippen molar-refractivity contribution in [2.75, 3.05) is 12.4 Å². The molecule has 0 saturated carbocycles. The molecule has 0 heterocycles. The van der Waals surface area contributed by atoms with E-state index in [4.69, 9.17) is 16.3 Å². The van der Waals surface area contributed by atoms with Crippen LogP contribution in [0.25, 0.3) is 0 Å². The van der Waals surface area contributed by atoms with Crippen LogP contribution in [-0.4, -0.2) is 23.9 Å². The second-order valence-corrected chi connectivity index (χ2v) is 5.78. The first-order chi connectivity index (χ1) is 7.75. The molecular weight excluding hydrogens is 305 g/mol. The van der Waals surface area contributed by atoms with E-state index >= 15 is 0 Å². The number of anilines is 1. The zero-order valence-corrected chi connectivity index (χ0v) is 12.7. The molecule has 0 aromatic heterocycles. The van der Waals surface area contributed by atoms with Gasteiger partial charge in [-0.15, -0.1) is 0 Å². The molecule has 5 heteroatoms. The van der Waals surface area contributed by atoms with Gasteiger partial charge in [0.2, 0.25) is 0 Å². The Bertz CT molecular complexity index is 404. The molecule has 0 bridgehead atoms. The predicted molar refractivity (Wildman–Crippen MR) is 75.1 cm³/mol. The molecule has 1 atom stereocenters. The Morgan fingerprint density at radius 1 is 1.47 bits per heavy atom. The maximum atomic E-state index is 9.90. The van der Waals surface area contributed by atoms with Crippen molar-refractivity contribution < 1.29 is 9.84 Å². The summed E-state index contributed by atoms with van der Waals surface area (Å²) in [4.78, 5) is 0. The third kappa shape index (κ3) is 3.76. The summed E-state index contributed by atoms with van der Waals surface area (Å²) in [7, 11) is 1.59. The van der Waals surface area contributed by atoms with E-state index < -0.39 is 5.60 Å². The van der Waals surface area contributed by atoms with E-state index in [1.807, 2.05) is 6.92 Å². The van der Waals surface area contributed by atoms with Crippen LogP contribution in [0.3, 0.4) is 0 Å². The van der Waals surface area contributed by atoms with Gasteiger partial charge in [0.1, 0.15) is 0 Å². The molecule has 0 aliphatic carbocycles. The first-order valence-electron chi connectivity index (χ1n) is 5.27. The molecule has 1 aromatic carbocycles. The van der Waals surface area contributed by atoms with E-state index in [9.17, 15) is 5.11 Å². The van der Waals surface area contributed by atoms with E-state index in [1.54, 1.807) is 33.1 Å². The summed E-state index contributed by atoms with van der Waals surface area (Å²) in [5.74, 6) is 0.672. The molecule has 1 aromatic rings. The van der Waals surface area contributed by atoms with E-state index in [0.717, 1.165) is 10.2 Å². The first kappa shape index (κ1) is 14.6. The summed E-state index contributed by atoms with van der Waals surface area (Å²) in [6.07, 6.45) is 0. The quantitative estimate of drug-likeness (QED) is 0.888. The van der Waals surface area contributed by atoms with Gasteiger partial charge in [0.15, 0.2) is 5.75 Å². The maximum Gasteiger partial charge on any atom is 0.156 e. The maximum absolute atomic E-state index is 9.90. The van der Waals surface area contributed by atoms with Gasteiger partial charge in [0.25, 0.3) is 0 Å². The second-order valence-electron chi connectivity index (χ2n) is 4.49. The summed E-state index contributed by atoms with van der Waals surface area (Å²) in [6, 6.07) is 3.40. The highest BCUT2D eigenvalue weighted by molar-refractivity contribution is 9.10. The Morgan fingerprint density at radius 3 is 2.53 bits per heavy atom. The Balaban J connectivity index is 3.05. The van der Waals surface area contributed by atoms with Crippen LogP contribution in [-0.2, 0) is 0 Å². The average Bonchev–Trinajstić information content (AvgIpc) is 2.15. The number of methoxy groups -OCH3 is 1. The molecule has 0 saturated heterocycles. The fourth-order valence-electron chi connectivity index (χ4n) is 1.28. The third-order valence-electron chi connectivity index (χ3n) is 2.64. The van der Waals surface area contributed by atoms with Crippen LogP contribution < -0.4 is 10.1 Å². The lowest BCUT2D eigenvalue weighted by molar-refractivity contribution is 0.0648. The molecule has 96 valence electrons. The van der Waals surface area contributed by atoms with Crippen LogP contribution in [0.2, 0.25) is 5.02 Å². The van der Waals surface area contributed by atoms with E-state index in [1.165, 1.54) is 0 Å². The van der Waals surface area contributed by atoms with Crippen molar-refractivity contribution in [3.8, 4) is 5.75 Å². The summed E-state index contributed by atoms with van der Waals surface area (Å²) in [5, 5.41) is 13.7. The summed E-state index contributed by atoms with van der Waals surface area (Å²) in [5.41, 5.74) is -0.0821. The predicted octanol–water partition coefficient (Wildman–Crippen LogP) is 3.68. The number of nitrogens with one attached hydrogen (secondary N) is 1. The Morgan fingerprint density at radius 2 is 2.06 bits per heavy atom. The monoisotopic (exact) mass is 321 g/mol. The zero-order chi connectivity index (χ0) is 13.2. The summed E-state index contributed by atoms with van der Waals surface area (Å²) in [6.45, 7) is 5.39. The topological polar surface area (TPSA) is 41.5 Å². The smallest absolute Gasteiger partial charge is 0.156 e. The van der Waals surface area contributed by atoms with Gasteiger partial charge in [0.05, 0.1) is 28.9 Å². The van der Waals surface area contributed by atoms with Gasteiger partial charge < -0.3 is 15.2 Å². The van der Waals surface area contributed by atoms with Crippen LogP contribution in [0.5, 0.6) is 5.75 Å². The zero-order valence-electron chi connectivity index (χ0n) is 10.3. The summed E-state index contributed by atoms with van der Waals surface area (Å²) >= 11 is 9.38. The number of rotatable bonds is 4. The van der Waals surface area contributed by atoms with Crippen LogP contribution >= 0.6 is 27.5 Å². The molecule has 1 unspecified atom stereocenters. The van der Waals surface area contributed by atoms with Crippen LogP contribution in [0.15, 0.2) is 16.6 Å². The van der Waals surface area contributed by atoms with Crippen molar-refractivity contribution in [1.29, 1.82) is 0 Å². The lowest BCUT2D eigenvalue weighted by Gasteiger charge is -2.28. The molecule has 0 radical (unpaired) electrons. The molecule has 0 fully saturated rings. The van der Waals surface area contributed by atoms with Gasteiger partial charge in [0, 0.05) is 5.02 Å². The fraction of sp³-hybridized carbons (Fsp3) is 0.500. The molecule has 0 aliphatic rings. The Kier molecular flexibility index (Phi) is 4.69. The van der Waals surface area contributed by atoms with Crippen molar-refractivity contribution >= 4 is 33.2 Å². The van der Waals surface area contributed by atoms with Crippen molar-refractivity contribution in [2.45, 2.75) is 32.4 Å². The highest BCUT2D eigenvalue weighted by atomic mass is 79.9. The number of ether oxygens (including phenoxy) is 1. The van der Waals surface area contributed by atoms with Gasteiger partial charge in [-0.3, -0.25) is 0 Å². The minimum absolute atomic E-state index is 0.137. The molecule has 3 nitrogen and oxygen atoms in total. The van der Waals surface area contributed by atoms with Crippen LogP contribution in [0.4, 0.5) is 5.69 Å². The summed E-state index contributed by atoms with van der Waals surface area (Å²) < 4.78 is 6.07. The fourth-order valence-corrected chi connectivity index (χ4v) is 2.26. The van der Waals surface area contributed by atoms with Crippen molar-refractivity contribution in [1.82, 2.24) is 0 Å². The number of benzene rings is 1. The minimum Gasteiger partial charge on any atom is -0.493 e. The van der Waals surface area contributed by atoms with E-state index in [2.05, 4.69) is 21.2 Å². The molecule has 0 spiro atoms. The third-order valence-corrected chi connectivity index (χ3v) is 3.45. The molecule has 2 N–H and O–H groups in total. The van der Waals surface area contributed by atoms with Crippen molar-refractivity contribution in [3.05, 3.63) is 21.6 Å². The molecule has 0 aliphatic heterocycles. The SMILES string of the molecule is COc1c(Br)cc(Cl)cc1NC(C)C(C)(C)O. The van der Waals surface area contributed by atoms with Crippen molar-refractivity contribution in [3.63, 3.8) is 0 Å². The highest BCUT2D eigenvalue weighted by Crippen LogP contribution is 2.37. The van der Waals surface area contributed by atoms with Crippen LogP contribution in [0.1, 0.15) is 20.8 Å². The minimum atomic E-state index is -0.834. The lowest BCUT2D eigenvalue weighted by atomic mass is 10.0. The van der Waals surface area contributed by atoms with Gasteiger partial charge >= 0.3 is 0 Å². The largest absolute Gasteiger partial charge is 0.493 e. The first-order valence-corrected chi connectivity index (χ1v) is 6.44. The van der Waals surface area contributed by atoms with Crippen LogP contribution in [0, 0.1) is 0 Å². The number of hydrogen-bond acceptors (Lipinski definition) is 3. The number of halogens is 2.